The predicted molar refractivity (Wildman–Crippen MR) is 145 cm³/mol. The molecule has 5 rings (SSSR count). The van der Waals surface area contributed by atoms with Gasteiger partial charge in [-0.15, -0.1) is 0 Å². The highest BCUT2D eigenvalue weighted by Crippen LogP contribution is 2.45. The maximum absolute atomic E-state index is 14.3. The minimum absolute atomic E-state index is 0.213. The van der Waals surface area contributed by atoms with Gasteiger partial charge in [0.25, 0.3) is 0 Å². The van der Waals surface area contributed by atoms with Crippen LogP contribution < -0.4 is 11.1 Å². The van der Waals surface area contributed by atoms with Gasteiger partial charge in [-0.05, 0) is 103 Å². The molecule has 3 aromatic carbocycles. The van der Waals surface area contributed by atoms with Gasteiger partial charge in [0.1, 0.15) is 5.82 Å². The number of fused-ring (bicyclic) bond motifs is 1. The highest BCUT2D eigenvalue weighted by atomic mass is 19.1. The first-order valence-electron chi connectivity index (χ1n) is 12.3. The Labute approximate surface area is 206 Å². The van der Waals surface area contributed by atoms with Crippen LogP contribution in [0.25, 0.3) is 27.6 Å². The molecule has 4 aromatic rings. The summed E-state index contributed by atoms with van der Waals surface area (Å²) in [4.78, 5) is 4.76. The fraction of sp³-hybridized carbons (Fsp3) is 0.258. The van der Waals surface area contributed by atoms with Crippen molar-refractivity contribution in [2.45, 2.75) is 45.6 Å². The van der Waals surface area contributed by atoms with E-state index in [1.54, 1.807) is 12.1 Å². The molecule has 4 heteroatoms. The monoisotopic (exact) mass is 465 g/mol. The van der Waals surface area contributed by atoms with Gasteiger partial charge in [-0.1, -0.05) is 37.8 Å². The zero-order valence-corrected chi connectivity index (χ0v) is 20.7. The number of benzene rings is 3. The van der Waals surface area contributed by atoms with Crippen LogP contribution >= 0.6 is 0 Å². The van der Waals surface area contributed by atoms with Gasteiger partial charge in [0, 0.05) is 28.4 Å². The van der Waals surface area contributed by atoms with Gasteiger partial charge in [-0.25, -0.2) is 4.39 Å². The molecule has 0 bridgehead atoms. The number of hydrogen-bond acceptors (Lipinski definition) is 3. The molecule has 0 aliphatic heterocycles. The topological polar surface area (TPSA) is 50.9 Å². The first-order valence-corrected chi connectivity index (χ1v) is 12.3. The molecule has 1 aromatic heterocycles. The van der Waals surface area contributed by atoms with E-state index in [1.165, 1.54) is 12.8 Å². The first-order chi connectivity index (χ1) is 16.7. The number of nitrogens with two attached hydrogens (primary N) is 1. The molecule has 0 unspecified atom stereocenters. The first kappa shape index (κ1) is 23.3. The summed E-state index contributed by atoms with van der Waals surface area (Å²) in [6.45, 7) is 10.5. The van der Waals surface area contributed by atoms with E-state index in [9.17, 15) is 4.39 Å². The lowest BCUT2D eigenvalue weighted by molar-refractivity contribution is 0.554. The minimum atomic E-state index is -0.398. The van der Waals surface area contributed by atoms with Crippen LogP contribution in [0.2, 0.25) is 0 Å². The number of rotatable bonds is 7. The average molecular weight is 466 g/mol. The second-order valence-electron chi connectivity index (χ2n) is 10.2. The SMILES string of the molecule is C=C(c1cnc2ccc(-c3cc(F)cc(CC)c3)cc2c1Nc1ccc(C(C)(C)N)cc1)C1CC1. The van der Waals surface area contributed by atoms with Crippen LogP contribution in [0.1, 0.15) is 50.3 Å². The Morgan fingerprint density at radius 3 is 2.46 bits per heavy atom. The van der Waals surface area contributed by atoms with Crippen molar-refractivity contribution in [2.24, 2.45) is 11.7 Å². The lowest BCUT2D eigenvalue weighted by Crippen LogP contribution is -2.28. The third-order valence-corrected chi connectivity index (χ3v) is 6.88. The minimum Gasteiger partial charge on any atom is -0.354 e. The zero-order valence-electron chi connectivity index (χ0n) is 20.7. The number of aromatic nitrogens is 1. The Morgan fingerprint density at radius 2 is 1.80 bits per heavy atom. The standard InChI is InChI=1S/C31H32FN3/c1-5-20-14-23(16-25(32)15-20)22-8-13-29-27(17-22)30(28(18-34-29)19(2)21-6-7-21)35-26-11-9-24(10-12-26)31(3,4)33/h8-18,21H,2,5-7,33H2,1,3-4H3,(H,34,35). The maximum Gasteiger partial charge on any atom is 0.124 e. The van der Waals surface area contributed by atoms with Gasteiger partial charge < -0.3 is 11.1 Å². The summed E-state index contributed by atoms with van der Waals surface area (Å²) in [6.07, 6.45) is 5.05. The van der Waals surface area contributed by atoms with Gasteiger partial charge in [0.15, 0.2) is 0 Å². The Bertz CT molecular complexity index is 1410. The summed E-state index contributed by atoms with van der Waals surface area (Å²) in [5.74, 6) is 0.295. The second-order valence-corrected chi connectivity index (χ2v) is 10.2. The van der Waals surface area contributed by atoms with Gasteiger partial charge in [-0.2, -0.15) is 0 Å². The van der Waals surface area contributed by atoms with Gasteiger partial charge in [0.2, 0.25) is 0 Å². The summed E-state index contributed by atoms with van der Waals surface area (Å²) in [6, 6.07) is 19.6. The molecule has 178 valence electrons. The van der Waals surface area contributed by atoms with Crippen molar-refractivity contribution < 1.29 is 4.39 Å². The Hall–Kier alpha value is -3.50. The summed E-state index contributed by atoms with van der Waals surface area (Å²) in [5, 5.41) is 4.65. The number of anilines is 2. The number of hydrogen-bond donors (Lipinski definition) is 2. The Balaban J connectivity index is 1.64. The summed E-state index contributed by atoms with van der Waals surface area (Å²) >= 11 is 0. The number of nitrogens with one attached hydrogen (secondary N) is 1. The molecule has 3 N–H and O–H groups in total. The predicted octanol–water partition coefficient (Wildman–Crippen LogP) is 7.96. The van der Waals surface area contributed by atoms with Crippen LogP contribution in [0.5, 0.6) is 0 Å². The lowest BCUT2D eigenvalue weighted by atomic mass is 9.95. The van der Waals surface area contributed by atoms with Crippen molar-refractivity contribution in [3.8, 4) is 11.1 Å². The zero-order chi connectivity index (χ0) is 24.7. The molecule has 0 atom stereocenters. The number of pyridine rings is 1. The molecule has 1 saturated carbocycles. The van der Waals surface area contributed by atoms with Crippen LogP contribution in [0.3, 0.4) is 0 Å². The van der Waals surface area contributed by atoms with E-state index in [2.05, 4.69) is 48.3 Å². The average Bonchev–Trinajstić information content (AvgIpc) is 3.68. The van der Waals surface area contributed by atoms with E-state index >= 15 is 0 Å². The smallest absolute Gasteiger partial charge is 0.124 e. The Kier molecular flexibility index (Phi) is 5.94. The Morgan fingerprint density at radius 1 is 1.06 bits per heavy atom. The number of allylic oxidation sites excluding steroid dienone is 1. The number of nitrogens with zero attached hydrogens (tertiary/aromatic N) is 1. The van der Waals surface area contributed by atoms with Crippen molar-refractivity contribution in [3.05, 3.63) is 95.9 Å². The fourth-order valence-corrected chi connectivity index (χ4v) is 4.55. The molecular weight excluding hydrogens is 433 g/mol. The van der Waals surface area contributed by atoms with Gasteiger partial charge in [0.05, 0.1) is 11.2 Å². The molecule has 0 radical (unpaired) electrons. The van der Waals surface area contributed by atoms with E-state index in [-0.39, 0.29) is 5.82 Å². The summed E-state index contributed by atoms with van der Waals surface area (Å²) in [7, 11) is 0. The maximum atomic E-state index is 14.3. The molecule has 1 aliphatic carbocycles. The quantitative estimate of drug-likeness (QED) is 0.291. The van der Waals surface area contributed by atoms with E-state index in [0.29, 0.717) is 5.92 Å². The largest absolute Gasteiger partial charge is 0.354 e. The van der Waals surface area contributed by atoms with E-state index < -0.39 is 5.54 Å². The molecule has 35 heavy (non-hydrogen) atoms. The summed E-state index contributed by atoms with van der Waals surface area (Å²) < 4.78 is 14.3. The highest BCUT2D eigenvalue weighted by molar-refractivity contribution is 6.01. The van der Waals surface area contributed by atoms with Gasteiger partial charge in [-0.3, -0.25) is 4.98 Å². The van der Waals surface area contributed by atoms with Crippen LogP contribution in [-0.4, -0.2) is 4.98 Å². The van der Waals surface area contributed by atoms with Crippen molar-refractivity contribution in [1.29, 1.82) is 0 Å². The molecule has 1 fully saturated rings. The molecule has 3 nitrogen and oxygen atoms in total. The summed E-state index contributed by atoms with van der Waals surface area (Å²) in [5.41, 5.74) is 14.8. The molecular formula is C31H32FN3. The van der Waals surface area contributed by atoms with Crippen molar-refractivity contribution in [1.82, 2.24) is 4.98 Å². The van der Waals surface area contributed by atoms with Crippen LogP contribution in [0, 0.1) is 11.7 Å². The molecule has 1 heterocycles. The number of halogens is 1. The molecule has 0 saturated heterocycles. The van der Waals surface area contributed by atoms with Gasteiger partial charge >= 0.3 is 0 Å². The van der Waals surface area contributed by atoms with E-state index in [4.69, 9.17) is 10.7 Å². The normalized spacial score (nSPS) is 13.7. The highest BCUT2D eigenvalue weighted by Gasteiger charge is 2.28. The lowest BCUT2D eigenvalue weighted by Gasteiger charge is -2.20. The third-order valence-electron chi connectivity index (χ3n) is 6.88. The van der Waals surface area contributed by atoms with Crippen LogP contribution in [0.4, 0.5) is 15.8 Å². The van der Waals surface area contributed by atoms with E-state index in [1.807, 2.05) is 39.1 Å². The number of aryl methyl sites for hydroxylation is 1. The second kappa shape index (κ2) is 8.94. The van der Waals surface area contributed by atoms with Crippen molar-refractivity contribution >= 4 is 27.9 Å². The fourth-order valence-electron chi connectivity index (χ4n) is 4.55. The van der Waals surface area contributed by atoms with Crippen LogP contribution in [0.15, 0.2) is 73.4 Å². The molecule has 0 amide bonds. The van der Waals surface area contributed by atoms with Crippen molar-refractivity contribution in [2.75, 3.05) is 5.32 Å². The molecule has 1 aliphatic rings. The van der Waals surface area contributed by atoms with Crippen LogP contribution in [-0.2, 0) is 12.0 Å². The third kappa shape index (κ3) is 4.85. The molecule has 0 spiro atoms. The van der Waals surface area contributed by atoms with Crippen molar-refractivity contribution in [3.63, 3.8) is 0 Å². The van der Waals surface area contributed by atoms with E-state index in [0.717, 1.165) is 62.1 Å².